The number of hydrazine groups is 1. The van der Waals surface area contributed by atoms with Gasteiger partial charge in [-0.1, -0.05) is 0 Å². The Morgan fingerprint density at radius 2 is 1.25 bits per heavy atom. The van der Waals surface area contributed by atoms with E-state index in [2.05, 4.69) is 11.7 Å². The van der Waals surface area contributed by atoms with Gasteiger partial charge in [0.05, 0.1) is 0 Å². The fourth-order valence-corrected chi connectivity index (χ4v) is 0. The van der Waals surface area contributed by atoms with Crippen molar-refractivity contribution in [1.82, 2.24) is 0 Å². The third-order valence-corrected chi connectivity index (χ3v) is 0. The third kappa shape index (κ3) is 10.3. The number of halogens is 1. The molecule has 24 valence electrons. The van der Waals surface area contributed by atoms with Crippen LogP contribution in [0.4, 0.5) is 0 Å². The van der Waals surface area contributed by atoms with Crippen LogP contribution >= 0.6 is 7.33 Å². The molecule has 0 aliphatic heterocycles. The van der Waals surface area contributed by atoms with Crippen molar-refractivity contribution in [3.05, 3.63) is 0 Å². The fourth-order valence-electron chi connectivity index (χ4n) is 0. The molecule has 4 heavy (non-hydrogen) atoms. The average molecular weight is 156 g/mol. The van der Waals surface area contributed by atoms with E-state index in [1.807, 2.05) is 0 Å². The third-order valence-electron chi connectivity index (χ3n) is 0. The molecule has 0 saturated heterocycles. The summed E-state index contributed by atoms with van der Waals surface area (Å²) in [5, 5.41) is 0. The van der Waals surface area contributed by atoms with Crippen LogP contribution in [-0.4, -0.2) is 0 Å². The molecule has 0 unspecified atom stereocenters. The van der Waals surface area contributed by atoms with Crippen LogP contribution in [0.2, 0.25) is 0 Å². The molecule has 2 nitrogen and oxygen atoms in total. The minimum absolute atomic E-state index is 0.822. The molecular weight excluding hydrogens is 152 g/mol. The molecule has 4 N–H and O–H groups in total. The molecule has 0 saturated carbocycles. The van der Waals surface area contributed by atoms with Crippen LogP contribution in [-0.2, 0) is 29.6 Å². The van der Waals surface area contributed by atoms with Gasteiger partial charge >= 0.3 is 36.9 Å². The van der Waals surface area contributed by atoms with Gasteiger partial charge in [0, 0.05) is 0 Å². The van der Waals surface area contributed by atoms with Gasteiger partial charge in [-0.25, -0.2) is 0 Å². The van der Waals surface area contributed by atoms with Crippen LogP contribution in [0.3, 0.4) is 0 Å². The first-order valence-electron chi connectivity index (χ1n) is 0.552. The topological polar surface area (TPSA) is 52.0 Å². The predicted molar refractivity (Wildman–Crippen MR) is 14.2 cm³/mol. The van der Waals surface area contributed by atoms with Crippen molar-refractivity contribution in [2.24, 2.45) is 11.7 Å². The molecule has 0 heterocycles. The van der Waals surface area contributed by atoms with Gasteiger partial charge in [-0.05, 0) is 0 Å². The number of rotatable bonds is 0. The van der Waals surface area contributed by atoms with E-state index in [0.29, 0.717) is 0 Å². The monoisotopic (exact) mass is 156 g/mol. The zero-order valence-electron chi connectivity index (χ0n) is 2.11. The van der Waals surface area contributed by atoms with Gasteiger partial charge in [-0.3, -0.25) is 11.7 Å². The van der Waals surface area contributed by atoms with E-state index in [-0.39, 0.29) is 0 Å². The van der Waals surface area contributed by atoms with E-state index in [1.165, 1.54) is 0 Å². The Balaban J connectivity index is 0. The SMILES string of the molecule is NN.[Cl][Y]. The van der Waals surface area contributed by atoms with Crippen LogP contribution in [0, 0.1) is 0 Å². The summed E-state index contributed by atoms with van der Waals surface area (Å²) < 4.78 is 0. The molecule has 0 aromatic carbocycles. The van der Waals surface area contributed by atoms with Crippen LogP contribution in [0.15, 0.2) is 0 Å². The van der Waals surface area contributed by atoms with Gasteiger partial charge in [0.15, 0.2) is 0 Å². The van der Waals surface area contributed by atoms with Crippen LogP contribution in [0.1, 0.15) is 0 Å². The van der Waals surface area contributed by atoms with E-state index in [9.17, 15) is 0 Å². The normalized spacial score (nSPS) is 2.50. The Hall–Kier alpha value is 1.31. The molecule has 0 fully saturated rings. The fraction of sp³-hybridized carbons (Fsp3) is 0. The van der Waals surface area contributed by atoms with Gasteiger partial charge in [-0.2, -0.15) is 0 Å². The summed E-state index contributed by atoms with van der Waals surface area (Å²) in [4.78, 5) is 0. The van der Waals surface area contributed by atoms with Crippen LogP contribution in [0.25, 0.3) is 0 Å². The van der Waals surface area contributed by atoms with E-state index < -0.39 is 0 Å². The summed E-state index contributed by atoms with van der Waals surface area (Å²) in [6.45, 7) is 0. The first-order valence-corrected chi connectivity index (χ1v) is 4.21. The zero-order valence-corrected chi connectivity index (χ0v) is 5.70. The summed E-state index contributed by atoms with van der Waals surface area (Å²) in [6, 6.07) is 0. The molecule has 0 aliphatic rings. The van der Waals surface area contributed by atoms with Crippen LogP contribution < -0.4 is 11.7 Å². The van der Waals surface area contributed by atoms with Gasteiger partial charge in [-0.15, -0.1) is 0 Å². The van der Waals surface area contributed by atoms with Crippen molar-refractivity contribution in [1.29, 1.82) is 0 Å². The maximum absolute atomic E-state index is 4.77. The Bertz CT molecular complexity index is 6.00. The molecule has 0 aromatic heterocycles. The molecular formula is H4ClN2Y. The molecule has 0 amide bonds. The first kappa shape index (κ1) is 9.00. The second kappa shape index (κ2) is 27.4. The maximum atomic E-state index is 4.77. The summed E-state index contributed by atoms with van der Waals surface area (Å²) >= 11 is 0.822. The van der Waals surface area contributed by atoms with E-state index >= 15 is 0 Å². The zero-order chi connectivity index (χ0) is 4.00. The molecule has 0 aromatic rings. The molecule has 0 spiro atoms. The summed E-state index contributed by atoms with van der Waals surface area (Å²) in [5.41, 5.74) is 0. The molecule has 4 heteroatoms. The van der Waals surface area contributed by atoms with Crippen LogP contribution in [0.5, 0.6) is 0 Å². The Kier molecular flexibility index (Phi) is 61.8. The first-order chi connectivity index (χ1) is 2.00. The van der Waals surface area contributed by atoms with Gasteiger partial charge in [0.2, 0.25) is 0 Å². The number of hydrogen-bond donors (Lipinski definition) is 2. The summed E-state index contributed by atoms with van der Waals surface area (Å²) in [7, 11) is 4.77. The quantitative estimate of drug-likeness (QED) is 0.367. The van der Waals surface area contributed by atoms with Crippen molar-refractivity contribution in [2.75, 3.05) is 0 Å². The molecule has 0 aliphatic carbocycles. The van der Waals surface area contributed by atoms with E-state index in [0.717, 1.165) is 29.6 Å². The predicted octanol–water partition coefficient (Wildman–Crippen LogP) is -0.494. The van der Waals surface area contributed by atoms with E-state index in [4.69, 9.17) is 7.33 Å². The Morgan fingerprint density at radius 1 is 1.25 bits per heavy atom. The Morgan fingerprint density at radius 3 is 1.25 bits per heavy atom. The standard InChI is InChI=1S/ClH.H4N2.Y/c;1-2;/h1H;1-2H2;/q;;+1/p-1. The van der Waals surface area contributed by atoms with Crippen molar-refractivity contribution < 1.29 is 29.6 Å². The molecule has 0 bridgehead atoms. The van der Waals surface area contributed by atoms with Crippen molar-refractivity contribution in [3.63, 3.8) is 0 Å². The van der Waals surface area contributed by atoms with Crippen molar-refractivity contribution in [3.8, 4) is 0 Å². The van der Waals surface area contributed by atoms with Gasteiger partial charge in [0.1, 0.15) is 0 Å². The second-order valence-corrected chi connectivity index (χ2v) is 0. The number of nitrogens with two attached hydrogens (primary N) is 2. The average Bonchev–Trinajstić information content (AvgIpc) is 1.50. The van der Waals surface area contributed by atoms with Gasteiger partial charge < -0.3 is 0 Å². The van der Waals surface area contributed by atoms with Crippen molar-refractivity contribution in [2.45, 2.75) is 0 Å². The number of hydrogen-bond acceptors (Lipinski definition) is 2. The van der Waals surface area contributed by atoms with E-state index in [1.54, 1.807) is 0 Å². The summed E-state index contributed by atoms with van der Waals surface area (Å²) in [5.74, 6) is 8.00. The van der Waals surface area contributed by atoms with Crippen molar-refractivity contribution >= 4 is 7.33 Å². The van der Waals surface area contributed by atoms with Gasteiger partial charge in [0.25, 0.3) is 0 Å². The Labute approximate surface area is 48.4 Å². The molecule has 0 radical (unpaired) electrons. The second-order valence-electron chi connectivity index (χ2n) is 0. The summed E-state index contributed by atoms with van der Waals surface area (Å²) in [6.07, 6.45) is 0. The minimum atomic E-state index is 0.822. The molecule has 0 atom stereocenters. The molecule has 0 rings (SSSR count).